The van der Waals surface area contributed by atoms with Gasteiger partial charge >= 0.3 is 0 Å². The summed E-state index contributed by atoms with van der Waals surface area (Å²) in [4.78, 5) is 20.0. The highest BCUT2D eigenvalue weighted by Crippen LogP contribution is 2.68. The second-order valence-electron chi connectivity index (χ2n) is 7.16. The second kappa shape index (κ2) is 5.54. The molecule has 24 heavy (non-hydrogen) atoms. The molecule has 2 heterocycles. The summed E-state index contributed by atoms with van der Waals surface area (Å²) in [5, 5.41) is 2.84. The quantitative estimate of drug-likeness (QED) is 0.860. The number of carbonyl (C=O) groups excluding carboxylic acids is 1. The van der Waals surface area contributed by atoms with Crippen LogP contribution in [-0.4, -0.2) is 15.9 Å². The number of hydrogen-bond donors (Lipinski definition) is 1. The number of nitrogens with zero attached hydrogens (tertiary/aromatic N) is 2. The molecule has 0 aromatic carbocycles. The van der Waals surface area contributed by atoms with E-state index in [-0.39, 0.29) is 22.7 Å². The van der Waals surface area contributed by atoms with Crippen LogP contribution < -0.4 is 10.1 Å². The van der Waals surface area contributed by atoms with E-state index in [9.17, 15) is 9.18 Å². The first-order valence-corrected chi connectivity index (χ1v) is 7.78. The molecule has 1 aliphatic carbocycles. The number of hydrogen-bond acceptors (Lipinski definition) is 4. The lowest BCUT2D eigenvalue weighted by Gasteiger charge is -2.08. The summed E-state index contributed by atoms with van der Waals surface area (Å²) in [6.07, 6.45) is 2.81. The molecule has 2 aromatic rings. The maximum absolute atomic E-state index is 13.0. The third-order valence-electron chi connectivity index (χ3n) is 5.20. The molecule has 126 valence electrons. The van der Waals surface area contributed by atoms with Gasteiger partial charge in [-0.15, -0.1) is 0 Å². The molecule has 1 fully saturated rings. The molecule has 0 spiro atoms. The molecule has 2 aromatic heterocycles. The molecule has 0 aliphatic heterocycles. The average Bonchev–Trinajstić information content (AvgIpc) is 2.91. The minimum Gasteiger partial charge on any atom is -0.456 e. The number of amides is 1. The molecule has 0 bridgehead atoms. The van der Waals surface area contributed by atoms with Crippen molar-refractivity contribution in [2.45, 2.75) is 27.7 Å². The smallest absolute Gasteiger partial charge is 0.229 e. The average molecular weight is 329 g/mol. The minimum absolute atomic E-state index is 0.0223. The van der Waals surface area contributed by atoms with Gasteiger partial charge in [-0.25, -0.2) is 9.97 Å². The fourth-order valence-corrected chi connectivity index (χ4v) is 3.15. The van der Waals surface area contributed by atoms with Crippen molar-refractivity contribution in [3.05, 3.63) is 42.6 Å². The van der Waals surface area contributed by atoms with E-state index in [2.05, 4.69) is 43.0 Å². The van der Waals surface area contributed by atoms with Gasteiger partial charge in [0.15, 0.2) is 0 Å². The zero-order chi connectivity index (χ0) is 17.5. The summed E-state index contributed by atoms with van der Waals surface area (Å²) in [5.41, 5.74) is -0.0445. The topological polar surface area (TPSA) is 64.1 Å². The lowest BCUT2D eigenvalue weighted by atomic mass is 10.0. The Morgan fingerprint density at radius 3 is 2.38 bits per heavy atom. The number of halogens is 1. The molecule has 1 aliphatic rings. The van der Waals surface area contributed by atoms with Crippen molar-refractivity contribution >= 4 is 11.7 Å². The zero-order valence-corrected chi connectivity index (χ0v) is 14.1. The van der Waals surface area contributed by atoms with Crippen molar-refractivity contribution in [2.24, 2.45) is 16.7 Å². The summed E-state index contributed by atoms with van der Waals surface area (Å²) in [6.45, 7) is 8.37. The molecular formula is C18H20FN3O2. The van der Waals surface area contributed by atoms with Crippen LogP contribution in [0, 0.1) is 22.7 Å². The first-order valence-electron chi connectivity index (χ1n) is 7.78. The molecular weight excluding hydrogens is 309 g/mol. The van der Waals surface area contributed by atoms with E-state index in [1.54, 1.807) is 18.2 Å². The number of pyridine rings is 2. The summed E-state index contributed by atoms with van der Waals surface area (Å²) < 4.78 is 18.5. The van der Waals surface area contributed by atoms with Crippen molar-refractivity contribution in [2.75, 3.05) is 5.32 Å². The summed E-state index contributed by atoms with van der Waals surface area (Å²) >= 11 is 0. The number of anilines is 1. The van der Waals surface area contributed by atoms with E-state index >= 15 is 0 Å². The fourth-order valence-electron chi connectivity index (χ4n) is 3.15. The molecule has 1 amide bonds. The van der Waals surface area contributed by atoms with Gasteiger partial charge in [0.25, 0.3) is 0 Å². The van der Waals surface area contributed by atoms with Crippen LogP contribution in [0.1, 0.15) is 27.7 Å². The van der Waals surface area contributed by atoms with Crippen LogP contribution in [0.2, 0.25) is 0 Å². The van der Waals surface area contributed by atoms with E-state index in [4.69, 9.17) is 4.74 Å². The van der Waals surface area contributed by atoms with Crippen LogP contribution in [-0.2, 0) is 4.79 Å². The third-order valence-corrected chi connectivity index (χ3v) is 5.20. The van der Waals surface area contributed by atoms with Crippen LogP contribution in [0.25, 0.3) is 0 Å². The van der Waals surface area contributed by atoms with Crippen LogP contribution in [0.3, 0.4) is 0 Å². The number of ether oxygens (including phenoxy) is 1. The molecule has 3 rings (SSSR count). The van der Waals surface area contributed by atoms with Gasteiger partial charge in [0.1, 0.15) is 17.3 Å². The highest BCUT2D eigenvalue weighted by atomic mass is 19.1. The van der Waals surface area contributed by atoms with Crippen molar-refractivity contribution in [1.29, 1.82) is 0 Å². The van der Waals surface area contributed by atoms with E-state index in [0.29, 0.717) is 17.3 Å². The number of nitrogens with one attached hydrogen (secondary N) is 1. The predicted octanol–water partition coefficient (Wildman–Crippen LogP) is 4.03. The fraction of sp³-hybridized carbons (Fsp3) is 0.389. The van der Waals surface area contributed by atoms with Gasteiger partial charge in [0.05, 0.1) is 6.20 Å². The Morgan fingerprint density at radius 2 is 1.83 bits per heavy atom. The van der Waals surface area contributed by atoms with Crippen LogP contribution >= 0.6 is 0 Å². The van der Waals surface area contributed by atoms with Gasteiger partial charge in [-0.3, -0.25) is 4.79 Å². The standard InChI is InChI=1S/C18H20FN3O2/c1-17(2)15(18(17,3)4)16(23)22-14-6-5-12(10-21-14)24-11-7-8-20-13(19)9-11/h5-10,15H,1-4H3,(H,21,22,23). The number of rotatable bonds is 4. The maximum atomic E-state index is 13.0. The van der Waals surface area contributed by atoms with E-state index < -0.39 is 5.95 Å². The SMILES string of the molecule is CC1(C)C(C(=O)Nc2ccc(Oc3ccnc(F)c3)cn2)C1(C)C. The molecule has 5 nitrogen and oxygen atoms in total. The summed E-state index contributed by atoms with van der Waals surface area (Å²) in [6, 6.07) is 6.07. The van der Waals surface area contributed by atoms with E-state index in [1.807, 2.05) is 0 Å². The Balaban J connectivity index is 1.64. The Labute approximate surface area is 140 Å². The van der Waals surface area contributed by atoms with E-state index in [1.165, 1.54) is 18.5 Å². The lowest BCUT2D eigenvalue weighted by Crippen LogP contribution is -2.18. The first kappa shape index (κ1) is 16.4. The Bertz CT molecular complexity index is 758. The van der Waals surface area contributed by atoms with Gasteiger partial charge in [-0.2, -0.15) is 4.39 Å². The van der Waals surface area contributed by atoms with Gasteiger partial charge in [-0.05, 0) is 29.0 Å². The van der Waals surface area contributed by atoms with Gasteiger partial charge in [-0.1, -0.05) is 27.7 Å². The number of aromatic nitrogens is 2. The Morgan fingerprint density at radius 1 is 1.12 bits per heavy atom. The summed E-state index contributed by atoms with van der Waals surface area (Å²) in [5.74, 6) is 0.573. The van der Waals surface area contributed by atoms with Gasteiger partial charge in [0.2, 0.25) is 11.9 Å². The van der Waals surface area contributed by atoms with Crippen LogP contribution in [0.5, 0.6) is 11.5 Å². The monoisotopic (exact) mass is 329 g/mol. The Kier molecular flexibility index (Phi) is 3.78. The lowest BCUT2D eigenvalue weighted by molar-refractivity contribution is -0.118. The predicted molar refractivity (Wildman–Crippen MR) is 88.2 cm³/mol. The van der Waals surface area contributed by atoms with Crippen molar-refractivity contribution in [3.8, 4) is 11.5 Å². The first-order chi connectivity index (χ1) is 11.2. The largest absolute Gasteiger partial charge is 0.456 e. The highest BCUT2D eigenvalue weighted by Gasteiger charge is 2.68. The minimum atomic E-state index is -0.612. The van der Waals surface area contributed by atoms with Crippen LogP contribution in [0.4, 0.5) is 10.2 Å². The van der Waals surface area contributed by atoms with E-state index in [0.717, 1.165) is 0 Å². The molecule has 0 saturated heterocycles. The van der Waals surface area contributed by atoms with Crippen molar-refractivity contribution < 1.29 is 13.9 Å². The molecule has 0 unspecified atom stereocenters. The highest BCUT2D eigenvalue weighted by molar-refractivity contribution is 5.95. The molecule has 6 heteroatoms. The molecule has 1 N–H and O–H groups in total. The normalized spacial score (nSPS) is 18.0. The molecule has 0 radical (unpaired) electrons. The van der Waals surface area contributed by atoms with Crippen molar-refractivity contribution in [1.82, 2.24) is 9.97 Å². The number of carbonyl (C=O) groups is 1. The van der Waals surface area contributed by atoms with Gasteiger partial charge in [0, 0.05) is 18.2 Å². The van der Waals surface area contributed by atoms with Crippen molar-refractivity contribution in [3.63, 3.8) is 0 Å². The second-order valence-corrected chi connectivity index (χ2v) is 7.16. The molecule has 0 atom stereocenters. The zero-order valence-electron chi connectivity index (χ0n) is 14.1. The Hall–Kier alpha value is -2.50. The third kappa shape index (κ3) is 2.84. The van der Waals surface area contributed by atoms with Gasteiger partial charge < -0.3 is 10.1 Å². The van der Waals surface area contributed by atoms with Crippen LogP contribution in [0.15, 0.2) is 36.7 Å². The maximum Gasteiger partial charge on any atom is 0.229 e. The summed E-state index contributed by atoms with van der Waals surface area (Å²) in [7, 11) is 0. The molecule has 1 saturated carbocycles.